The van der Waals surface area contributed by atoms with Crippen molar-refractivity contribution in [3.63, 3.8) is 0 Å². The summed E-state index contributed by atoms with van der Waals surface area (Å²) in [6.45, 7) is 6.59. The average molecular weight is 257 g/mol. The third-order valence-electron chi connectivity index (χ3n) is 4.47. The number of hydrogen-bond acceptors (Lipinski definition) is 4. The Morgan fingerprint density at radius 1 is 1.17 bits per heavy atom. The topological polar surface area (TPSA) is 39.7 Å². The second-order valence-corrected chi connectivity index (χ2v) is 5.37. The first-order valence-electron chi connectivity index (χ1n) is 7.26. The minimum Gasteiger partial charge on any atom is -0.381 e. The number of ether oxygens (including phenoxy) is 3. The molecule has 2 rings (SSSR count). The fourth-order valence-corrected chi connectivity index (χ4v) is 3.41. The van der Waals surface area contributed by atoms with Crippen LogP contribution in [0.25, 0.3) is 0 Å². The Labute approximate surface area is 110 Å². The van der Waals surface area contributed by atoms with Gasteiger partial charge in [-0.3, -0.25) is 0 Å². The van der Waals surface area contributed by atoms with E-state index in [1.165, 1.54) is 0 Å². The Bertz CT molecular complexity index is 235. The van der Waals surface area contributed by atoms with E-state index < -0.39 is 0 Å². The van der Waals surface area contributed by atoms with Gasteiger partial charge >= 0.3 is 0 Å². The van der Waals surface area contributed by atoms with Crippen LogP contribution in [0, 0.1) is 5.92 Å². The van der Waals surface area contributed by atoms with Gasteiger partial charge in [-0.15, -0.1) is 0 Å². The van der Waals surface area contributed by atoms with E-state index >= 15 is 0 Å². The Kier molecular flexibility index (Phi) is 5.42. The highest BCUT2D eigenvalue weighted by atomic mass is 16.5. The van der Waals surface area contributed by atoms with Crippen LogP contribution in [0.5, 0.6) is 0 Å². The molecule has 1 N–H and O–H groups in total. The zero-order valence-electron chi connectivity index (χ0n) is 11.7. The maximum Gasteiger partial charge on any atom is 0.0877 e. The molecule has 1 atom stereocenters. The predicted octanol–water partition coefficient (Wildman–Crippen LogP) is 1.59. The summed E-state index contributed by atoms with van der Waals surface area (Å²) < 4.78 is 17.0. The van der Waals surface area contributed by atoms with Gasteiger partial charge in [0.2, 0.25) is 0 Å². The van der Waals surface area contributed by atoms with Crippen LogP contribution in [-0.4, -0.2) is 51.7 Å². The van der Waals surface area contributed by atoms with Crippen molar-refractivity contribution in [3.8, 4) is 0 Å². The van der Waals surface area contributed by atoms with Gasteiger partial charge in [0, 0.05) is 52.4 Å². The molecule has 106 valence electrons. The minimum absolute atomic E-state index is 0.0454. The number of hydrogen-bond donors (Lipinski definition) is 1. The van der Waals surface area contributed by atoms with Gasteiger partial charge in [-0.1, -0.05) is 6.92 Å². The molecule has 0 spiro atoms. The molecule has 0 saturated carbocycles. The van der Waals surface area contributed by atoms with Gasteiger partial charge < -0.3 is 19.5 Å². The molecule has 0 aromatic rings. The van der Waals surface area contributed by atoms with Crippen molar-refractivity contribution in [2.45, 2.75) is 44.2 Å². The van der Waals surface area contributed by atoms with Crippen LogP contribution in [0.4, 0.5) is 0 Å². The summed E-state index contributed by atoms with van der Waals surface area (Å²) in [7, 11) is 1.86. The summed E-state index contributed by atoms with van der Waals surface area (Å²) in [5, 5.41) is 3.68. The van der Waals surface area contributed by atoms with Crippen LogP contribution in [0.15, 0.2) is 0 Å². The summed E-state index contributed by atoms with van der Waals surface area (Å²) in [5.41, 5.74) is -0.0454. The molecule has 18 heavy (non-hydrogen) atoms. The lowest BCUT2D eigenvalue weighted by molar-refractivity contribution is -0.127. The molecule has 0 aromatic heterocycles. The Hall–Kier alpha value is -0.160. The molecule has 2 heterocycles. The smallest absolute Gasteiger partial charge is 0.0877 e. The first-order chi connectivity index (χ1) is 8.82. The lowest BCUT2D eigenvalue weighted by Crippen LogP contribution is -2.59. The van der Waals surface area contributed by atoms with Crippen molar-refractivity contribution < 1.29 is 14.2 Å². The average Bonchev–Trinajstić information content (AvgIpc) is 2.46. The molecule has 2 fully saturated rings. The largest absolute Gasteiger partial charge is 0.381 e. The molecule has 4 nitrogen and oxygen atoms in total. The summed E-state index contributed by atoms with van der Waals surface area (Å²) in [5.74, 6) is 0.664. The van der Waals surface area contributed by atoms with E-state index in [9.17, 15) is 0 Å². The van der Waals surface area contributed by atoms with Crippen molar-refractivity contribution in [1.29, 1.82) is 0 Å². The predicted molar refractivity (Wildman–Crippen MR) is 70.8 cm³/mol. The van der Waals surface area contributed by atoms with Crippen molar-refractivity contribution in [2.75, 3.05) is 40.1 Å². The van der Waals surface area contributed by atoms with E-state index in [0.717, 1.165) is 58.7 Å². The van der Waals surface area contributed by atoms with E-state index in [2.05, 4.69) is 12.2 Å². The van der Waals surface area contributed by atoms with Gasteiger partial charge in [-0.2, -0.15) is 0 Å². The molecule has 2 aliphatic heterocycles. The molecule has 2 saturated heterocycles. The van der Waals surface area contributed by atoms with Crippen LogP contribution >= 0.6 is 0 Å². The van der Waals surface area contributed by atoms with Gasteiger partial charge in [0.15, 0.2) is 0 Å². The Morgan fingerprint density at radius 3 is 2.33 bits per heavy atom. The first-order valence-corrected chi connectivity index (χ1v) is 7.26. The van der Waals surface area contributed by atoms with Crippen LogP contribution in [0.1, 0.15) is 32.6 Å². The lowest BCUT2D eigenvalue weighted by atomic mass is 9.76. The summed E-state index contributed by atoms with van der Waals surface area (Å²) in [6, 6.07) is 0.431. The van der Waals surface area contributed by atoms with Crippen molar-refractivity contribution in [1.82, 2.24) is 5.32 Å². The van der Waals surface area contributed by atoms with Crippen LogP contribution in [0.3, 0.4) is 0 Å². The zero-order chi connectivity index (χ0) is 12.8. The van der Waals surface area contributed by atoms with Gasteiger partial charge in [0.1, 0.15) is 0 Å². The number of likely N-dealkylation sites (N-methyl/N-ethyl adjacent to an activating group) is 1. The standard InChI is InChI=1S/C14H27NO3/c1-3-15-13(12-4-8-17-9-5-12)14(16-2)6-10-18-11-7-14/h12-13,15H,3-11H2,1-2H3. The second kappa shape index (κ2) is 6.85. The van der Waals surface area contributed by atoms with Crippen LogP contribution in [0.2, 0.25) is 0 Å². The fraction of sp³-hybridized carbons (Fsp3) is 1.00. The van der Waals surface area contributed by atoms with Gasteiger partial charge in [-0.25, -0.2) is 0 Å². The van der Waals surface area contributed by atoms with Crippen LogP contribution in [-0.2, 0) is 14.2 Å². The van der Waals surface area contributed by atoms with Gasteiger partial charge in [0.05, 0.1) is 5.60 Å². The molecule has 2 aliphatic rings. The molecule has 0 aromatic carbocycles. The first kappa shape index (κ1) is 14.3. The third-order valence-corrected chi connectivity index (χ3v) is 4.47. The fourth-order valence-electron chi connectivity index (χ4n) is 3.41. The number of rotatable bonds is 5. The SMILES string of the molecule is CCNC(C1CCOCC1)C1(OC)CCOCC1. The molecule has 0 bridgehead atoms. The Morgan fingerprint density at radius 2 is 1.78 bits per heavy atom. The third kappa shape index (κ3) is 3.05. The number of methoxy groups -OCH3 is 1. The quantitative estimate of drug-likeness (QED) is 0.812. The monoisotopic (exact) mass is 257 g/mol. The summed E-state index contributed by atoms with van der Waals surface area (Å²) in [6.07, 6.45) is 4.28. The second-order valence-electron chi connectivity index (χ2n) is 5.37. The zero-order valence-corrected chi connectivity index (χ0v) is 11.7. The highest BCUT2D eigenvalue weighted by Crippen LogP contribution is 2.35. The normalized spacial score (nSPS) is 27.0. The van der Waals surface area contributed by atoms with Crippen molar-refractivity contribution >= 4 is 0 Å². The minimum atomic E-state index is -0.0454. The summed E-state index contributed by atoms with van der Waals surface area (Å²) in [4.78, 5) is 0. The van der Waals surface area contributed by atoms with E-state index in [1.54, 1.807) is 0 Å². The number of nitrogens with one attached hydrogen (secondary N) is 1. The van der Waals surface area contributed by atoms with Crippen molar-refractivity contribution in [3.05, 3.63) is 0 Å². The summed E-state index contributed by atoms with van der Waals surface area (Å²) >= 11 is 0. The highest BCUT2D eigenvalue weighted by Gasteiger charge is 2.44. The maximum atomic E-state index is 5.96. The maximum absolute atomic E-state index is 5.96. The van der Waals surface area contributed by atoms with E-state index in [0.29, 0.717) is 12.0 Å². The molecule has 1 unspecified atom stereocenters. The van der Waals surface area contributed by atoms with E-state index in [4.69, 9.17) is 14.2 Å². The van der Waals surface area contributed by atoms with E-state index in [-0.39, 0.29) is 5.60 Å². The van der Waals surface area contributed by atoms with Crippen molar-refractivity contribution in [2.24, 2.45) is 5.92 Å². The molecule has 0 amide bonds. The molecule has 4 heteroatoms. The molecular formula is C14H27NO3. The van der Waals surface area contributed by atoms with Crippen LogP contribution < -0.4 is 5.32 Å². The molecular weight excluding hydrogens is 230 g/mol. The van der Waals surface area contributed by atoms with Gasteiger partial charge in [-0.05, 0) is 25.3 Å². The van der Waals surface area contributed by atoms with E-state index in [1.807, 2.05) is 7.11 Å². The molecule has 0 radical (unpaired) electrons. The molecule has 0 aliphatic carbocycles. The van der Waals surface area contributed by atoms with Gasteiger partial charge in [0.25, 0.3) is 0 Å². The highest BCUT2D eigenvalue weighted by molar-refractivity contribution is 4.98. The lowest BCUT2D eigenvalue weighted by Gasteiger charge is -2.46. The Balaban J connectivity index is 2.09.